The highest BCUT2D eigenvalue weighted by atomic mass is 79.9. The predicted octanol–water partition coefficient (Wildman–Crippen LogP) is 4.49. The van der Waals surface area contributed by atoms with Crippen LogP contribution >= 0.6 is 31.9 Å². The van der Waals surface area contributed by atoms with Gasteiger partial charge in [0.05, 0.1) is 14.6 Å². The summed E-state index contributed by atoms with van der Waals surface area (Å²) in [5.74, 6) is 1.67. The molecule has 1 atom stereocenters. The zero-order chi connectivity index (χ0) is 16.7. The lowest BCUT2D eigenvalue weighted by molar-refractivity contribution is 0.102. The minimum absolute atomic E-state index is 0.0449. The van der Waals surface area contributed by atoms with Crippen LogP contribution in [0.1, 0.15) is 47.8 Å². The fraction of sp³-hybridized carbons (Fsp3) is 0.412. The van der Waals surface area contributed by atoms with E-state index in [0.29, 0.717) is 26.1 Å². The molecule has 3 rings (SSSR count). The van der Waals surface area contributed by atoms with Crippen molar-refractivity contribution >= 4 is 37.6 Å². The molecule has 0 aliphatic carbocycles. The van der Waals surface area contributed by atoms with Crippen molar-refractivity contribution in [3.63, 3.8) is 0 Å². The Labute approximate surface area is 152 Å². The summed E-state index contributed by atoms with van der Waals surface area (Å²) in [5, 5.41) is 9.84. The molecule has 1 aliphatic heterocycles. The molecule has 0 saturated heterocycles. The first-order valence-electron chi connectivity index (χ1n) is 7.73. The Kier molecular flexibility index (Phi) is 4.65. The lowest BCUT2D eigenvalue weighted by Gasteiger charge is -2.21. The number of hydrogen-bond acceptors (Lipinski definition) is 3. The number of carbonyl (C=O) groups excluding carboxylic acids is 1. The van der Waals surface area contributed by atoms with Crippen LogP contribution in [0.4, 0.5) is 0 Å². The maximum absolute atomic E-state index is 13.1. The lowest BCUT2D eigenvalue weighted by atomic mass is 9.99. The monoisotopic (exact) mass is 440 g/mol. The quantitative estimate of drug-likeness (QED) is 0.714. The Balaban J connectivity index is 2.10. The Morgan fingerprint density at radius 1 is 1.39 bits per heavy atom. The van der Waals surface area contributed by atoms with Crippen molar-refractivity contribution in [3.8, 4) is 5.75 Å². The zero-order valence-electron chi connectivity index (χ0n) is 13.1. The molecule has 0 bridgehead atoms. The molecule has 1 aliphatic rings. The van der Waals surface area contributed by atoms with Gasteiger partial charge in [-0.05, 0) is 62.8 Å². The van der Waals surface area contributed by atoms with E-state index < -0.39 is 0 Å². The van der Waals surface area contributed by atoms with Gasteiger partial charge in [0.15, 0.2) is 0 Å². The Morgan fingerprint density at radius 3 is 2.65 bits per heavy atom. The number of fused-ring (bicyclic) bond motifs is 1. The highest BCUT2D eigenvalue weighted by molar-refractivity contribution is 9.11. The SMILES string of the molecule is CCc1nc2n(c1C(=O)c1cc(Br)c(O)c(Br)c1)CCC(C)C2. The summed E-state index contributed by atoms with van der Waals surface area (Å²) < 4.78 is 3.08. The van der Waals surface area contributed by atoms with Crippen molar-refractivity contribution in [2.45, 2.75) is 39.7 Å². The van der Waals surface area contributed by atoms with Crippen LogP contribution in [-0.4, -0.2) is 20.4 Å². The first-order chi connectivity index (χ1) is 10.9. The normalized spacial score (nSPS) is 17.1. The number of phenols is 1. The van der Waals surface area contributed by atoms with Crippen molar-refractivity contribution in [1.82, 2.24) is 9.55 Å². The largest absolute Gasteiger partial charge is 0.506 e. The summed E-state index contributed by atoms with van der Waals surface area (Å²) in [4.78, 5) is 17.8. The molecule has 122 valence electrons. The Hall–Kier alpha value is -1.14. The fourth-order valence-corrected chi connectivity index (χ4v) is 4.23. The molecule has 1 N–H and O–H groups in total. The van der Waals surface area contributed by atoms with E-state index in [4.69, 9.17) is 4.98 Å². The highest BCUT2D eigenvalue weighted by Crippen LogP contribution is 2.34. The van der Waals surface area contributed by atoms with E-state index in [1.54, 1.807) is 12.1 Å². The van der Waals surface area contributed by atoms with E-state index in [9.17, 15) is 9.90 Å². The molecule has 2 heterocycles. The van der Waals surface area contributed by atoms with Gasteiger partial charge < -0.3 is 9.67 Å². The lowest BCUT2D eigenvalue weighted by Crippen LogP contribution is -2.21. The van der Waals surface area contributed by atoms with E-state index in [1.165, 1.54) is 0 Å². The van der Waals surface area contributed by atoms with Gasteiger partial charge in [-0.3, -0.25) is 4.79 Å². The molecule has 1 aromatic carbocycles. The highest BCUT2D eigenvalue weighted by Gasteiger charge is 2.27. The van der Waals surface area contributed by atoms with Gasteiger partial charge in [-0.1, -0.05) is 13.8 Å². The molecule has 0 radical (unpaired) electrons. The minimum atomic E-state index is -0.0449. The number of imidazole rings is 1. The van der Waals surface area contributed by atoms with E-state index in [1.807, 2.05) is 6.92 Å². The molecule has 6 heteroatoms. The second-order valence-electron chi connectivity index (χ2n) is 6.04. The third-order valence-corrected chi connectivity index (χ3v) is 5.53. The van der Waals surface area contributed by atoms with E-state index in [2.05, 4.69) is 43.4 Å². The van der Waals surface area contributed by atoms with Gasteiger partial charge in [0.1, 0.15) is 17.3 Å². The third kappa shape index (κ3) is 2.98. The van der Waals surface area contributed by atoms with Crippen molar-refractivity contribution < 1.29 is 9.90 Å². The van der Waals surface area contributed by atoms with Crippen molar-refractivity contribution in [3.05, 3.63) is 43.9 Å². The van der Waals surface area contributed by atoms with Crippen LogP contribution in [0.2, 0.25) is 0 Å². The average molecular weight is 442 g/mol. The number of carbonyl (C=O) groups is 1. The van der Waals surface area contributed by atoms with Gasteiger partial charge in [0.2, 0.25) is 5.78 Å². The second kappa shape index (κ2) is 6.40. The molecule has 1 unspecified atom stereocenters. The number of ketones is 1. The summed E-state index contributed by atoms with van der Waals surface area (Å²) in [7, 11) is 0. The molecule has 2 aromatic rings. The average Bonchev–Trinajstić information content (AvgIpc) is 2.88. The topological polar surface area (TPSA) is 55.1 Å². The molecule has 0 amide bonds. The molecule has 0 saturated carbocycles. The number of benzene rings is 1. The molecule has 4 nitrogen and oxygen atoms in total. The van der Waals surface area contributed by atoms with Crippen LogP contribution in [0.5, 0.6) is 5.75 Å². The van der Waals surface area contributed by atoms with Crippen LogP contribution in [0.25, 0.3) is 0 Å². The number of hydrogen-bond donors (Lipinski definition) is 1. The summed E-state index contributed by atoms with van der Waals surface area (Å²) in [6, 6.07) is 3.32. The number of aromatic nitrogens is 2. The van der Waals surface area contributed by atoms with Gasteiger partial charge in [-0.2, -0.15) is 0 Å². The standard InChI is InChI=1S/C17H18Br2N2O2/c1-3-13-15(21-5-4-9(2)6-14(21)20-13)16(22)10-7-11(18)17(23)12(19)8-10/h7-9,23H,3-6H2,1-2H3. The van der Waals surface area contributed by atoms with Gasteiger partial charge in [-0.15, -0.1) is 0 Å². The summed E-state index contributed by atoms with van der Waals surface area (Å²) >= 11 is 6.58. The van der Waals surface area contributed by atoms with Crippen LogP contribution < -0.4 is 0 Å². The van der Waals surface area contributed by atoms with Gasteiger partial charge >= 0.3 is 0 Å². The predicted molar refractivity (Wildman–Crippen MR) is 96.0 cm³/mol. The van der Waals surface area contributed by atoms with Gasteiger partial charge in [0.25, 0.3) is 0 Å². The Bertz CT molecular complexity index is 760. The fourth-order valence-electron chi connectivity index (χ4n) is 3.05. The molecule has 0 fully saturated rings. The summed E-state index contributed by atoms with van der Waals surface area (Å²) in [6.07, 6.45) is 2.72. The number of aryl methyl sites for hydroxylation is 1. The number of nitrogens with zero attached hydrogens (tertiary/aromatic N) is 2. The maximum atomic E-state index is 13.1. The maximum Gasteiger partial charge on any atom is 0.211 e. The van der Waals surface area contributed by atoms with Crippen molar-refractivity contribution in [2.24, 2.45) is 5.92 Å². The molecular formula is C17H18Br2N2O2. The Morgan fingerprint density at radius 2 is 2.04 bits per heavy atom. The zero-order valence-corrected chi connectivity index (χ0v) is 16.2. The first-order valence-corrected chi connectivity index (χ1v) is 9.32. The molecule has 0 spiro atoms. The van der Waals surface area contributed by atoms with Gasteiger partial charge in [0, 0.05) is 18.5 Å². The van der Waals surface area contributed by atoms with Crippen LogP contribution in [0, 0.1) is 5.92 Å². The molecular weight excluding hydrogens is 424 g/mol. The molecule has 23 heavy (non-hydrogen) atoms. The first kappa shape index (κ1) is 16.7. The van der Waals surface area contributed by atoms with E-state index in [-0.39, 0.29) is 11.5 Å². The molecule has 1 aromatic heterocycles. The summed E-state index contributed by atoms with van der Waals surface area (Å²) in [5.41, 5.74) is 2.09. The summed E-state index contributed by atoms with van der Waals surface area (Å²) in [6.45, 7) is 5.09. The third-order valence-electron chi connectivity index (χ3n) is 4.32. The van der Waals surface area contributed by atoms with E-state index >= 15 is 0 Å². The van der Waals surface area contributed by atoms with Gasteiger partial charge in [-0.25, -0.2) is 4.98 Å². The van der Waals surface area contributed by atoms with Crippen LogP contribution in [0.15, 0.2) is 21.1 Å². The van der Waals surface area contributed by atoms with Crippen LogP contribution in [0.3, 0.4) is 0 Å². The van der Waals surface area contributed by atoms with Crippen molar-refractivity contribution in [1.29, 1.82) is 0 Å². The van der Waals surface area contributed by atoms with E-state index in [0.717, 1.165) is 37.3 Å². The second-order valence-corrected chi connectivity index (χ2v) is 7.75. The number of halogens is 2. The van der Waals surface area contributed by atoms with Crippen LogP contribution in [-0.2, 0) is 19.4 Å². The number of aromatic hydroxyl groups is 1. The number of phenolic OH excluding ortho intramolecular Hbond substituents is 1. The smallest absolute Gasteiger partial charge is 0.211 e. The number of rotatable bonds is 3. The minimum Gasteiger partial charge on any atom is -0.506 e. The van der Waals surface area contributed by atoms with Crippen molar-refractivity contribution in [2.75, 3.05) is 0 Å².